The minimum atomic E-state index is -3.21. The third kappa shape index (κ3) is 3.27. The van der Waals surface area contributed by atoms with Gasteiger partial charge in [-0.3, -0.25) is 0 Å². The van der Waals surface area contributed by atoms with Crippen molar-refractivity contribution in [3.05, 3.63) is 29.6 Å². The van der Waals surface area contributed by atoms with Gasteiger partial charge in [0.2, 0.25) is 0 Å². The number of sulfone groups is 1. The molecule has 0 aromatic heterocycles. The van der Waals surface area contributed by atoms with Crippen LogP contribution in [0.15, 0.2) is 18.2 Å². The van der Waals surface area contributed by atoms with Crippen LogP contribution in [0.1, 0.15) is 18.5 Å². The number of benzene rings is 1. The molecule has 2 atom stereocenters. The van der Waals surface area contributed by atoms with E-state index < -0.39 is 15.2 Å². The molecule has 1 saturated heterocycles. The van der Waals surface area contributed by atoms with Crippen molar-refractivity contribution in [3.63, 3.8) is 0 Å². The van der Waals surface area contributed by atoms with E-state index >= 15 is 0 Å². The van der Waals surface area contributed by atoms with E-state index in [2.05, 4.69) is 0 Å². The van der Waals surface area contributed by atoms with Gasteiger partial charge >= 0.3 is 0 Å². The highest BCUT2D eigenvalue weighted by atomic mass is 32.2. The van der Waals surface area contributed by atoms with Gasteiger partial charge in [-0.15, -0.1) is 0 Å². The molecule has 112 valence electrons. The smallest absolute Gasteiger partial charge is 0.169 e. The number of nitrogens with two attached hydrogens (primary N) is 1. The molecule has 0 spiro atoms. The molecule has 1 aliphatic rings. The van der Waals surface area contributed by atoms with Gasteiger partial charge in [-0.05, 0) is 30.7 Å². The van der Waals surface area contributed by atoms with Crippen LogP contribution in [-0.4, -0.2) is 38.1 Å². The first-order valence-electron chi connectivity index (χ1n) is 6.39. The zero-order chi connectivity index (χ0) is 14.9. The van der Waals surface area contributed by atoms with Gasteiger partial charge in [0.05, 0.1) is 0 Å². The molecule has 1 aromatic rings. The van der Waals surface area contributed by atoms with Crippen LogP contribution in [0.4, 0.5) is 10.1 Å². The molecule has 1 aromatic carbocycles. The summed E-state index contributed by atoms with van der Waals surface area (Å²) in [5.41, 5.74) is 7.26. The topological polar surface area (TPSA) is 63.4 Å². The lowest BCUT2D eigenvalue weighted by Gasteiger charge is -2.37. The molecular weight excluding hydrogens is 299 g/mol. The van der Waals surface area contributed by atoms with E-state index in [1.165, 1.54) is 18.4 Å². The molecule has 4 nitrogen and oxygen atoms in total. The summed E-state index contributed by atoms with van der Waals surface area (Å²) in [4.78, 5) is 1.84. The second-order valence-corrected chi connectivity index (χ2v) is 8.40. The van der Waals surface area contributed by atoms with Crippen LogP contribution in [0.5, 0.6) is 0 Å². The van der Waals surface area contributed by atoms with Gasteiger partial charge < -0.3 is 10.6 Å². The molecular formula is C13H19FN2O2S2. The number of thioether (sulfide) groups is 1. The average molecular weight is 318 g/mol. The summed E-state index contributed by atoms with van der Waals surface area (Å²) in [7, 11) is -3.21. The average Bonchev–Trinajstić information content (AvgIpc) is 2.37. The van der Waals surface area contributed by atoms with Crippen LogP contribution < -0.4 is 10.6 Å². The van der Waals surface area contributed by atoms with Gasteiger partial charge in [-0.2, -0.15) is 11.8 Å². The van der Waals surface area contributed by atoms with Crippen LogP contribution in [0, 0.1) is 5.82 Å². The summed E-state index contributed by atoms with van der Waals surface area (Å²) in [6, 6.07) is 4.02. The minimum absolute atomic E-state index is 0.351. The summed E-state index contributed by atoms with van der Waals surface area (Å²) in [5, 5.41) is -0.579. The van der Waals surface area contributed by atoms with E-state index in [9.17, 15) is 12.8 Å². The Labute approximate surface area is 123 Å². The predicted molar refractivity (Wildman–Crippen MR) is 82.3 cm³/mol. The zero-order valence-corrected chi connectivity index (χ0v) is 13.2. The molecule has 0 bridgehead atoms. The van der Waals surface area contributed by atoms with Crippen molar-refractivity contribution >= 4 is 27.3 Å². The molecule has 1 aliphatic heterocycles. The summed E-state index contributed by atoms with van der Waals surface area (Å²) in [6.45, 7) is 2.39. The number of nitrogens with zero attached hydrogens (tertiary/aromatic N) is 1. The first-order valence-corrected chi connectivity index (χ1v) is 9.50. The third-order valence-electron chi connectivity index (χ3n) is 3.37. The largest absolute Gasteiger partial charge is 0.353 e. The van der Waals surface area contributed by atoms with E-state index in [1.54, 1.807) is 24.8 Å². The second-order valence-electron chi connectivity index (χ2n) is 5.04. The van der Waals surface area contributed by atoms with E-state index in [4.69, 9.17) is 5.73 Å². The highest BCUT2D eigenvalue weighted by Crippen LogP contribution is 2.32. The van der Waals surface area contributed by atoms with Crippen molar-refractivity contribution in [1.82, 2.24) is 0 Å². The van der Waals surface area contributed by atoms with E-state index in [0.29, 0.717) is 17.9 Å². The van der Waals surface area contributed by atoms with Crippen molar-refractivity contribution in [3.8, 4) is 0 Å². The molecule has 0 saturated carbocycles. The Morgan fingerprint density at radius 1 is 1.50 bits per heavy atom. The van der Waals surface area contributed by atoms with Crippen LogP contribution in [0.25, 0.3) is 0 Å². The van der Waals surface area contributed by atoms with Crippen molar-refractivity contribution in [1.29, 1.82) is 0 Å². The maximum atomic E-state index is 13.4. The Kier molecular flexibility index (Phi) is 4.61. The van der Waals surface area contributed by atoms with Crippen molar-refractivity contribution in [2.75, 3.05) is 29.2 Å². The van der Waals surface area contributed by atoms with Crippen molar-refractivity contribution in [2.45, 2.75) is 18.3 Å². The van der Waals surface area contributed by atoms with E-state index in [-0.39, 0.29) is 11.9 Å². The molecule has 1 unspecified atom stereocenters. The minimum Gasteiger partial charge on any atom is -0.353 e. The molecule has 1 heterocycles. The molecule has 7 heteroatoms. The Morgan fingerprint density at radius 3 is 2.80 bits per heavy atom. The number of rotatable bonds is 3. The van der Waals surface area contributed by atoms with Crippen LogP contribution in [-0.2, 0) is 9.84 Å². The molecule has 2 rings (SSSR count). The summed E-state index contributed by atoms with van der Waals surface area (Å²) < 4.78 is 37.3. The number of hydrogen-bond donors (Lipinski definition) is 1. The highest BCUT2D eigenvalue weighted by molar-refractivity contribution is 8.01. The predicted octanol–water partition coefficient (Wildman–Crippen LogP) is 1.77. The third-order valence-corrected chi connectivity index (χ3v) is 6.01. The summed E-state index contributed by atoms with van der Waals surface area (Å²) in [6.07, 6.45) is 1.24. The maximum Gasteiger partial charge on any atom is 0.169 e. The van der Waals surface area contributed by atoms with Crippen LogP contribution >= 0.6 is 11.8 Å². The summed E-state index contributed by atoms with van der Waals surface area (Å²) in [5.74, 6) is 1.01. The molecule has 0 aliphatic carbocycles. The van der Waals surface area contributed by atoms with Crippen LogP contribution in [0.2, 0.25) is 0 Å². The van der Waals surface area contributed by atoms with Gasteiger partial charge in [0.25, 0.3) is 0 Å². The van der Waals surface area contributed by atoms with Gasteiger partial charge in [0.1, 0.15) is 11.2 Å². The molecule has 0 radical (unpaired) electrons. The number of hydrogen-bond acceptors (Lipinski definition) is 5. The standard InChI is InChI=1S/C13H19FN2O2S2/c1-9(15)11-7-10(14)3-4-12(11)16-5-6-19-8-13(16)20(2,17)18/h3-4,7,9,13H,5-6,8,15H2,1-2H3/t9-,13?/m1/s1. The Bertz CT molecular complexity index is 590. The quantitative estimate of drug-likeness (QED) is 0.920. The molecule has 0 amide bonds. The molecule has 1 fully saturated rings. The van der Waals surface area contributed by atoms with Crippen LogP contribution in [0.3, 0.4) is 0 Å². The highest BCUT2D eigenvalue weighted by Gasteiger charge is 2.32. The number of anilines is 1. The Hall–Kier alpha value is -0.790. The first kappa shape index (κ1) is 15.6. The van der Waals surface area contributed by atoms with E-state index in [1.807, 2.05) is 4.90 Å². The van der Waals surface area contributed by atoms with Gasteiger partial charge in [0.15, 0.2) is 9.84 Å². The van der Waals surface area contributed by atoms with Gasteiger partial charge in [-0.25, -0.2) is 12.8 Å². The fraction of sp³-hybridized carbons (Fsp3) is 0.538. The maximum absolute atomic E-state index is 13.4. The fourth-order valence-electron chi connectivity index (χ4n) is 2.36. The fourth-order valence-corrected chi connectivity index (χ4v) is 5.20. The lowest BCUT2D eigenvalue weighted by atomic mass is 10.1. The van der Waals surface area contributed by atoms with Gasteiger partial charge in [0, 0.05) is 36.0 Å². The normalized spacial score (nSPS) is 21.8. The number of halogens is 1. The lowest BCUT2D eigenvalue weighted by Crippen LogP contribution is -2.47. The zero-order valence-electron chi connectivity index (χ0n) is 11.5. The second kappa shape index (κ2) is 5.91. The summed E-state index contributed by atoms with van der Waals surface area (Å²) >= 11 is 1.62. The Morgan fingerprint density at radius 2 is 2.20 bits per heavy atom. The first-order chi connectivity index (χ1) is 9.30. The Balaban J connectivity index is 2.48. The molecule has 2 N–H and O–H groups in total. The van der Waals surface area contributed by atoms with Crippen molar-refractivity contribution in [2.24, 2.45) is 5.73 Å². The lowest BCUT2D eigenvalue weighted by molar-refractivity contribution is 0.583. The van der Waals surface area contributed by atoms with E-state index in [0.717, 1.165) is 11.4 Å². The molecule has 20 heavy (non-hydrogen) atoms. The SMILES string of the molecule is C[C@@H](N)c1cc(F)ccc1N1CCSCC1S(C)(=O)=O. The monoisotopic (exact) mass is 318 g/mol. The van der Waals surface area contributed by atoms with Gasteiger partial charge in [-0.1, -0.05) is 0 Å². The van der Waals surface area contributed by atoms with Crippen molar-refractivity contribution < 1.29 is 12.8 Å².